The molecule has 0 N–H and O–H groups in total. The van der Waals surface area contributed by atoms with Crippen molar-refractivity contribution >= 4 is 0 Å². The molecule has 1 saturated carbocycles. The Hall–Kier alpha value is -1.97. The van der Waals surface area contributed by atoms with Crippen LogP contribution in [0.15, 0.2) is 30.3 Å². The zero-order chi connectivity index (χ0) is 24.0. The van der Waals surface area contributed by atoms with Crippen LogP contribution in [0, 0.1) is 17.7 Å². The summed E-state index contributed by atoms with van der Waals surface area (Å²) in [5.41, 5.74) is 2.49. The number of aromatic nitrogens is 2. The lowest BCUT2D eigenvalue weighted by atomic mass is 9.78. The fourth-order valence-corrected chi connectivity index (χ4v) is 5.16. The second kappa shape index (κ2) is 15.1. The van der Waals surface area contributed by atoms with Crippen molar-refractivity contribution in [2.24, 2.45) is 11.8 Å². The molecular weight excluding hydrogens is 423 g/mol. The van der Waals surface area contributed by atoms with Crippen LogP contribution in [-0.2, 0) is 6.42 Å². The third-order valence-electron chi connectivity index (χ3n) is 7.44. The van der Waals surface area contributed by atoms with Gasteiger partial charge in [0.2, 0.25) is 0 Å². The summed E-state index contributed by atoms with van der Waals surface area (Å²) < 4.78 is 20.1. The number of hydrogen-bond donors (Lipinski definition) is 0. The maximum atomic E-state index is 14.5. The number of halogens is 1. The maximum absolute atomic E-state index is 14.5. The van der Waals surface area contributed by atoms with Gasteiger partial charge in [0.25, 0.3) is 0 Å². The van der Waals surface area contributed by atoms with Crippen LogP contribution in [0.4, 0.5) is 4.39 Å². The predicted molar refractivity (Wildman–Crippen MR) is 140 cm³/mol. The van der Waals surface area contributed by atoms with Crippen molar-refractivity contribution in [1.82, 2.24) is 10.2 Å². The third-order valence-corrected chi connectivity index (χ3v) is 7.44. The van der Waals surface area contributed by atoms with Crippen LogP contribution >= 0.6 is 0 Å². The van der Waals surface area contributed by atoms with Gasteiger partial charge in [0.05, 0.1) is 18.0 Å². The van der Waals surface area contributed by atoms with Crippen molar-refractivity contribution in [2.45, 2.75) is 110 Å². The topological polar surface area (TPSA) is 35.0 Å². The van der Waals surface area contributed by atoms with Gasteiger partial charge in [-0.3, -0.25) is 0 Å². The molecule has 0 unspecified atom stereocenters. The standard InChI is InChI=1S/C30H45FN2O/c1-3-5-7-9-11-24-12-14-25(15-13-24)16-18-27-19-20-29(33-32-27)26-17-21-30(28(31)23-26)34-22-10-8-6-4-2/h17,19-21,23-25H,3-16,18,22H2,1-2H3. The molecule has 0 atom stereocenters. The first kappa shape index (κ1) is 26.6. The van der Waals surface area contributed by atoms with Gasteiger partial charge in [0.1, 0.15) is 0 Å². The second-order valence-corrected chi connectivity index (χ2v) is 10.2. The van der Waals surface area contributed by atoms with E-state index in [0.29, 0.717) is 18.1 Å². The predicted octanol–water partition coefficient (Wildman–Crippen LogP) is 8.95. The van der Waals surface area contributed by atoms with Crippen molar-refractivity contribution in [2.75, 3.05) is 6.61 Å². The van der Waals surface area contributed by atoms with E-state index in [9.17, 15) is 4.39 Å². The maximum Gasteiger partial charge on any atom is 0.165 e. The number of hydrogen-bond acceptors (Lipinski definition) is 3. The molecule has 1 fully saturated rings. The molecular formula is C30H45FN2O. The zero-order valence-corrected chi connectivity index (χ0v) is 21.5. The Labute approximate surface area is 206 Å². The minimum absolute atomic E-state index is 0.320. The van der Waals surface area contributed by atoms with E-state index in [2.05, 4.69) is 30.1 Å². The van der Waals surface area contributed by atoms with Crippen molar-refractivity contribution < 1.29 is 9.13 Å². The van der Waals surface area contributed by atoms with Crippen LogP contribution in [0.2, 0.25) is 0 Å². The highest BCUT2D eigenvalue weighted by molar-refractivity contribution is 5.59. The molecule has 1 aromatic carbocycles. The lowest BCUT2D eigenvalue weighted by Gasteiger charge is -2.28. The third kappa shape index (κ3) is 9.00. The van der Waals surface area contributed by atoms with Crippen molar-refractivity contribution in [3.05, 3.63) is 41.8 Å². The number of nitrogens with zero attached hydrogens (tertiary/aromatic N) is 2. The molecule has 4 heteroatoms. The number of benzene rings is 1. The fourth-order valence-electron chi connectivity index (χ4n) is 5.16. The summed E-state index contributed by atoms with van der Waals surface area (Å²) >= 11 is 0. The Morgan fingerprint density at radius 1 is 0.794 bits per heavy atom. The lowest BCUT2D eigenvalue weighted by Crippen LogP contribution is -2.15. The fraction of sp³-hybridized carbons (Fsp3) is 0.667. The zero-order valence-electron chi connectivity index (χ0n) is 21.5. The van der Waals surface area contributed by atoms with E-state index in [1.807, 2.05) is 12.1 Å². The van der Waals surface area contributed by atoms with E-state index < -0.39 is 0 Å². The highest BCUT2D eigenvalue weighted by atomic mass is 19.1. The molecule has 0 spiro atoms. The van der Waals surface area contributed by atoms with Crippen molar-refractivity contribution in [3.63, 3.8) is 0 Å². The van der Waals surface area contributed by atoms with Crippen LogP contribution in [0.3, 0.4) is 0 Å². The van der Waals surface area contributed by atoms with Crippen LogP contribution in [0.1, 0.15) is 109 Å². The minimum Gasteiger partial charge on any atom is -0.491 e. The van der Waals surface area contributed by atoms with Gasteiger partial charge in [-0.1, -0.05) is 90.9 Å². The average Bonchev–Trinajstić information content (AvgIpc) is 2.87. The number of aryl methyl sites for hydroxylation is 1. The van der Waals surface area contributed by atoms with Gasteiger partial charge in [0, 0.05) is 5.56 Å². The smallest absolute Gasteiger partial charge is 0.165 e. The molecule has 34 heavy (non-hydrogen) atoms. The first-order valence-electron chi connectivity index (χ1n) is 13.9. The molecule has 0 aliphatic heterocycles. The van der Waals surface area contributed by atoms with Gasteiger partial charge in [-0.15, -0.1) is 0 Å². The van der Waals surface area contributed by atoms with E-state index in [0.717, 1.165) is 42.4 Å². The normalized spacial score (nSPS) is 18.2. The number of rotatable bonds is 15. The molecule has 188 valence electrons. The molecule has 1 heterocycles. The number of unbranched alkanes of at least 4 members (excludes halogenated alkanes) is 6. The Bertz CT molecular complexity index is 815. The summed E-state index contributed by atoms with van der Waals surface area (Å²) in [6, 6.07) is 9.11. The molecule has 2 aromatic rings. The quantitative estimate of drug-likeness (QED) is 0.245. The molecule has 1 aliphatic carbocycles. The molecule has 1 aromatic heterocycles. The van der Waals surface area contributed by atoms with E-state index in [4.69, 9.17) is 4.74 Å². The molecule has 0 bridgehead atoms. The van der Waals surface area contributed by atoms with E-state index in [1.165, 1.54) is 83.1 Å². The van der Waals surface area contributed by atoms with Crippen molar-refractivity contribution in [3.8, 4) is 17.0 Å². The van der Waals surface area contributed by atoms with E-state index in [1.54, 1.807) is 6.07 Å². The van der Waals surface area contributed by atoms with E-state index >= 15 is 0 Å². The van der Waals surface area contributed by atoms with Gasteiger partial charge >= 0.3 is 0 Å². The highest BCUT2D eigenvalue weighted by Crippen LogP contribution is 2.34. The van der Waals surface area contributed by atoms with Crippen LogP contribution in [0.5, 0.6) is 5.75 Å². The first-order chi connectivity index (χ1) is 16.7. The Balaban J connectivity index is 1.40. The monoisotopic (exact) mass is 468 g/mol. The van der Waals surface area contributed by atoms with Gasteiger partial charge in [0.15, 0.2) is 11.6 Å². The molecule has 0 saturated heterocycles. The lowest BCUT2D eigenvalue weighted by molar-refractivity contribution is 0.248. The van der Waals surface area contributed by atoms with Crippen molar-refractivity contribution in [1.29, 1.82) is 0 Å². The minimum atomic E-state index is -0.333. The Morgan fingerprint density at radius 2 is 1.50 bits per heavy atom. The van der Waals surface area contributed by atoms with Gasteiger partial charge in [-0.2, -0.15) is 10.2 Å². The summed E-state index contributed by atoms with van der Waals surface area (Å²) in [6.07, 6.45) is 19.2. The molecule has 3 rings (SSSR count). The molecule has 0 amide bonds. The van der Waals surface area contributed by atoms with Gasteiger partial charge in [-0.25, -0.2) is 4.39 Å². The summed E-state index contributed by atoms with van der Waals surface area (Å²) in [5, 5.41) is 8.82. The Kier molecular flexibility index (Phi) is 11.8. The molecule has 3 nitrogen and oxygen atoms in total. The molecule has 0 radical (unpaired) electrons. The highest BCUT2D eigenvalue weighted by Gasteiger charge is 2.21. The summed E-state index contributed by atoms with van der Waals surface area (Å²) in [6.45, 7) is 5.02. The van der Waals surface area contributed by atoms with Gasteiger partial charge < -0.3 is 4.74 Å². The largest absolute Gasteiger partial charge is 0.491 e. The summed E-state index contributed by atoms with van der Waals surface area (Å²) in [4.78, 5) is 0. The number of ether oxygens (including phenoxy) is 1. The SMILES string of the molecule is CCCCCCOc1ccc(-c2ccc(CCC3CCC(CCCCCC)CC3)nn2)cc1F. The first-order valence-corrected chi connectivity index (χ1v) is 13.9. The van der Waals surface area contributed by atoms with Crippen LogP contribution in [0.25, 0.3) is 11.3 Å². The molecule has 1 aliphatic rings. The van der Waals surface area contributed by atoms with Crippen LogP contribution < -0.4 is 4.74 Å². The second-order valence-electron chi connectivity index (χ2n) is 10.2. The average molecular weight is 469 g/mol. The van der Waals surface area contributed by atoms with E-state index in [-0.39, 0.29) is 5.82 Å². The van der Waals surface area contributed by atoms with Gasteiger partial charge in [-0.05, 0) is 61.4 Å². The van der Waals surface area contributed by atoms with Crippen LogP contribution in [-0.4, -0.2) is 16.8 Å². The summed E-state index contributed by atoms with van der Waals surface area (Å²) in [7, 11) is 0. The Morgan fingerprint density at radius 3 is 2.15 bits per heavy atom. The summed E-state index contributed by atoms with van der Waals surface area (Å²) in [5.74, 6) is 1.78.